The molecule has 0 N–H and O–H groups in total. The summed E-state index contributed by atoms with van der Waals surface area (Å²) < 4.78 is 33.2. The molecule has 1 saturated heterocycles. The first-order valence-electron chi connectivity index (χ1n) is 10.1. The van der Waals surface area contributed by atoms with E-state index < -0.39 is 10.2 Å². The van der Waals surface area contributed by atoms with Crippen molar-refractivity contribution in [2.75, 3.05) is 46.3 Å². The number of hydrogen-bond donors (Lipinski definition) is 0. The van der Waals surface area contributed by atoms with Gasteiger partial charge < -0.3 is 9.42 Å². The maximum atomic E-state index is 12.5. The van der Waals surface area contributed by atoms with Crippen LogP contribution in [0.3, 0.4) is 0 Å². The molecule has 0 amide bonds. The minimum Gasteiger partial charge on any atom is -0.339 e. The van der Waals surface area contributed by atoms with Crippen molar-refractivity contribution < 1.29 is 12.9 Å². The fourth-order valence-electron chi connectivity index (χ4n) is 3.33. The monoisotopic (exact) mass is 432 g/mol. The largest absolute Gasteiger partial charge is 0.339 e. The quantitative estimate of drug-likeness (QED) is 0.593. The minimum atomic E-state index is -3.49. The van der Waals surface area contributed by atoms with E-state index in [1.807, 2.05) is 37.3 Å². The lowest BCUT2D eigenvalue weighted by atomic mass is 10.1. The Morgan fingerprint density at radius 3 is 2.57 bits per heavy atom. The standard InChI is InChI=1S/C20H28N6O3S/c1-17-6-8-18(9-7-17)20-22-19(29-23-20)5-3-12-25-13-15-26(16-14-25)30(27,28)24(2)11-4-10-21/h6-9H,3-5,11-16H2,1-2H3. The minimum absolute atomic E-state index is 0.191. The Balaban J connectivity index is 1.42. The van der Waals surface area contributed by atoms with Crippen LogP contribution in [0.2, 0.25) is 0 Å². The number of nitrogens with zero attached hydrogens (tertiary/aromatic N) is 6. The maximum absolute atomic E-state index is 12.5. The molecule has 0 aliphatic carbocycles. The van der Waals surface area contributed by atoms with Crippen LogP contribution in [-0.4, -0.2) is 78.4 Å². The normalized spacial score (nSPS) is 16.1. The van der Waals surface area contributed by atoms with Crippen LogP contribution < -0.4 is 0 Å². The summed E-state index contributed by atoms with van der Waals surface area (Å²) in [6.45, 7) is 5.38. The second kappa shape index (κ2) is 10.1. The molecule has 162 valence electrons. The van der Waals surface area contributed by atoms with Crippen molar-refractivity contribution in [2.45, 2.75) is 26.2 Å². The third kappa shape index (κ3) is 5.64. The van der Waals surface area contributed by atoms with Gasteiger partial charge in [0.25, 0.3) is 10.2 Å². The van der Waals surface area contributed by atoms with E-state index in [9.17, 15) is 8.42 Å². The zero-order valence-corrected chi connectivity index (χ0v) is 18.3. The van der Waals surface area contributed by atoms with Gasteiger partial charge in [-0.1, -0.05) is 35.0 Å². The number of benzene rings is 1. The van der Waals surface area contributed by atoms with Gasteiger partial charge in [0, 0.05) is 58.2 Å². The van der Waals surface area contributed by atoms with Crippen molar-refractivity contribution in [1.82, 2.24) is 23.7 Å². The predicted molar refractivity (Wildman–Crippen MR) is 113 cm³/mol. The zero-order chi connectivity index (χ0) is 21.6. The van der Waals surface area contributed by atoms with Crippen LogP contribution in [0.1, 0.15) is 24.3 Å². The molecule has 2 aromatic rings. The summed E-state index contributed by atoms with van der Waals surface area (Å²) in [4.78, 5) is 6.72. The van der Waals surface area contributed by atoms with Gasteiger partial charge in [0.05, 0.1) is 6.07 Å². The average Bonchev–Trinajstić information content (AvgIpc) is 3.21. The molecule has 9 nitrogen and oxygen atoms in total. The van der Waals surface area contributed by atoms with Gasteiger partial charge in [-0.3, -0.25) is 0 Å². The second-order valence-electron chi connectivity index (χ2n) is 7.46. The zero-order valence-electron chi connectivity index (χ0n) is 17.5. The van der Waals surface area contributed by atoms with Gasteiger partial charge >= 0.3 is 0 Å². The first-order valence-corrected chi connectivity index (χ1v) is 11.5. The SMILES string of the molecule is Cc1ccc(-c2noc(CCCN3CCN(S(=O)(=O)N(C)CCC#N)CC3)n2)cc1. The Morgan fingerprint density at radius 2 is 1.90 bits per heavy atom. The third-order valence-corrected chi connectivity index (χ3v) is 7.22. The summed E-state index contributed by atoms with van der Waals surface area (Å²) in [6.07, 6.45) is 1.75. The molecular weight excluding hydrogens is 404 g/mol. The summed E-state index contributed by atoms with van der Waals surface area (Å²) >= 11 is 0. The van der Waals surface area contributed by atoms with Gasteiger partial charge in [0.1, 0.15) is 0 Å². The summed E-state index contributed by atoms with van der Waals surface area (Å²) in [5.41, 5.74) is 2.12. The summed E-state index contributed by atoms with van der Waals surface area (Å²) in [7, 11) is -1.97. The van der Waals surface area contributed by atoms with E-state index in [1.165, 1.54) is 21.2 Å². The van der Waals surface area contributed by atoms with Crippen LogP contribution in [-0.2, 0) is 16.6 Å². The topological polar surface area (TPSA) is 107 Å². The van der Waals surface area contributed by atoms with Crippen LogP contribution in [0, 0.1) is 18.3 Å². The summed E-state index contributed by atoms with van der Waals surface area (Å²) in [5.74, 6) is 1.22. The van der Waals surface area contributed by atoms with E-state index in [2.05, 4.69) is 15.0 Å². The van der Waals surface area contributed by atoms with Crippen molar-refractivity contribution in [3.8, 4) is 17.5 Å². The Kier molecular flexibility index (Phi) is 7.55. The molecule has 3 rings (SSSR count). The van der Waals surface area contributed by atoms with Crippen molar-refractivity contribution in [3.05, 3.63) is 35.7 Å². The lowest BCUT2D eigenvalue weighted by Crippen LogP contribution is -2.52. The highest BCUT2D eigenvalue weighted by atomic mass is 32.2. The Labute approximate surface area is 178 Å². The van der Waals surface area contributed by atoms with Crippen molar-refractivity contribution in [3.63, 3.8) is 0 Å². The van der Waals surface area contributed by atoms with Crippen LogP contribution in [0.15, 0.2) is 28.8 Å². The second-order valence-corrected chi connectivity index (χ2v) is 9.49. The molecule has 10 heteroatoms. The number of nitriles is 1. The molecule has 0 spiro atoms. The molecule has 1 aliphatic heterocycles. The summed E-state index contributed by atoms with van der Waals surface area (Å²) in [5, 5.41) is 12.7. The third-order valence-electron chi connectivity index (χ3n) is 5.23. The van der Waals surface area contributed by atoms with Crippen molar-refractivity contribution in [1.29, 1.82) is 5.26 Å². The average molecular weight is 433 g/mol. The Morgan fingerprint density at radius 1 is 1.20 bits per heavy atom. The fraction of sp³-hybridized carbons (Fsp3) is 0.550. The molecule has 30 heavy (non-hydrogen) atoms. The van der Waals surface area contributed by atoms with Crippen LogP contribution in [0.5, 0.6) is 0 Å². The predicted octanol–water partition coefficient (Wildman–Crippen LogP) is 1.69. The lowest BCUT2D eigenvalue weighted by molar-refractivity contribution is 0.180. The highest BCUT2D eigenvalue weighted by Crippen LogP contribution is 2.17. The van der Waals surface area contributed by atoms with E-state index in [-0.39, 0.29) is 13.0 Å². The number of rotatable bonds is 9. The van der Waals surface area contributed by atoms with Gasteiger partial charge in [0.15, 0.2) is 0 Å². The molecule has 1 fully saturated rings. The van der Waals surface area contributed by atoms with Crippen molar-refractivity contribution in [2.24, 2.45) is 0 Å². The number of piperazine rings is 1. The molecule has 0 unspecified atom stereocenters. The molecule has 2 heterocycles. The molecule has 0 radical (unpaired) electrons. The van der Waals surface area contributed by atoms with Crippen LogP contribution >= 0.6 is 0 Å². The van der Waals surface area contributed by atoms with E-state index in [0.29, 0.717) is 44.3 Å². The Bertz CT molecular complexity index is 959. The van der Waals surface area contributed by atoms with Crippen LogP contribution in [0.4, 0.5) is 0 Å². The number of hydrogen-bond acceptors (Lipinski definition) is 7. The lowest BCUT2D eigenvalue weighted by Gasteiger charge is -2.35. The smallest absolute Gasteiger partial charge is 0.281 e. The van der Waals surface area contributed by atoms with E-state index in [0.717, 1.165) is 18.5 Å². The first-order chi connectivity index (χ1) is 14.4. The Hall–Kier alpha value is -2.32. The maximum Gasteiger partial charge on any atom is 0.281 e. The molecule has 1 aromatic heterocycles. The van der Waals surface area contributed by atoms with E-state index in [1.54, 1.807) is 0 Å². The highest BCUT2D eigenvalue weighted by molar-refractivity contribution is 7.86. The van der Waals surface area contributed by atoms with E-state index >= 15 is 0 Å². The van der Waals surface area contributed by atoms with Gasteiger partial charge in [-0.05, 0) is 19.9 Å². The molecule has 0 atom stereocenters. The molecular formula is C20H28N6O3S. The van der Waals surface area contributed by atoms with Gasteiger partial charge in [-0.25, -0.2) is 0 Å². The number of aryl methyl sites for hydroxylation is 2. The molecule has 0 bridgehead atoms. The molecule has 0 saturated carbocycles. The van der Waals surface area contributed by atoms with Gasteiger partial charge in [-0.15, -0.1) is 0 Å². The number of aromatic nitrogens is 2. The van der Waals surface area contributed by atoms with Crippen molar-refractivity contribution >= 4 is 10.2 Å². The highest BCUT2D eigenvalue weighted by Gasteiger charge is 2.29. The van der Waals surface area contributed by atoms with Gasteiger partial charge in [-0.2, -0.15) is 27.3 Å². The summed E-state index contributed by atoms with van der Waals surface area (Å²) in [6, 6.07) is 9.98. The van der Waals surface area contributed by atoms with Gasteiger partial charge in [0.2, 0.25) is 11.7 Å². The first kappa shape index (κ1) is 22.4. The van der Waals surface area contributed by atoms with E-state index in [4.69, 9.17) is 9.78 Å². The molecule has 1 aromatic carbocycles. The van der Waals surface area contributed by atoms with Crippen LogP contribution in [0.25, 0.3) is 11.4 Å². The fourth-order valence-corrected chi connectivity index (χ4v) is 4.67. The molecule has 1 aliphatic rings.